The second kappa shape index (κ2) is 5.37. The lowest BCUT2D eigenvalue weighted by Gasteiger charge is -2.19. The summed E-state index contributed by atoms with van der Waals surface area (Å²) < 4.78 is 5.10. The average molecular weight is 245 g/mol. The Balaban J connectivity index is 0.00000128. The van der Waals surface area contributed by atoms with Gasteiger partial charge >= 0.3 is 0 Å². The summed E-state index contributed by atoms with van der Waals surface area (Å²) in [6, 6.07) is 3.69. The third-order valence-electron chi connectivity index (χ3n) is 2.99. The van der Waals surface area contributed by atoms with Gasteiger partial charge in [0.2, 0.25) is 0 Å². The van der Waals surface area contributed by atoms with E-state index in [9.17, 15) is 4.79 Å². The van der Waals surface area contributed by atoms with Gasteiger partial charge in [-0.05, 0) is 37.9 Å². The highest BCUT2D eigenvalue weighted by Crippen LogP contribution is 2.24. The standard InChI is InChI=1S/C11H16N2O2.ClH/c1-8-5-9(6-12)7-13(8)11(14)10-3-2-4-15-10;/h2-4,8-9H,5-7,12H2,1H3;1H. The van der Waals surface area contributed by atoms with Crippen molar-refractivity contribution < 1.29 is 9.21 Å². The largest absolute Gasteiger partial charge is 0.459 e. The maximum atomic E-state index is 12.0. The number of furan rings is 1. The first-order valence-electron chi connectivity index (χ1n) is 5.27. The maximum absolute atomic E-state index is 12.0. The molecule has 0 bridgehead atoms. The predicted octanol–water partition coefficient (Wildman–Crippen LogP) is 1.51. The van der Waals surface area contributed by atoms with Crippen molar-refractivity contribution in [2.45, 2.75) is 19.4 Å². The molecular weight excluding hydrogens is 228 g/mol. The summed E-state index contributed by atoms with van der Waals surface area (Å²) in [6.07, 6.45) is 2.51. The highest BCUT2D eigenvalue weighted by molar-refractivity contribution is 5.91. The number of halogens is 1. The minimum absolute atomic E-state index is 0. The molecule has 0 saturated carbocycles. The summed E-state index contributed by atoms with van der Waals surface area (Å²) in [5.74, 6) is 0.821. The summed E-state index contributed by atoms with van der Waals surface area (Å²) in [5.41, 5.74) is 5.62. The molecule has 1 aliphatic rings. The Kier molecular flexibility index (Phi) is 4.38. The van der Waals surface area contributed by atoms with E-state index < -0.39 is 0 Å². The Bertz CT molecular complexity index is 340. The molecule has 1 aliphatic heterocycles. The number of hydrogen-bond donors (Lipinski definition) is 1. The zero-order valence-electron chi connectivity index (χ0n) is 9.26. The molecule has 2 N–H and O–H groups in total. The lowest BCUT2D eigenvalue weighted by atomic mass is 10.1. The van der Waals surface area contributed by atoms with E-state index in [-0.39, 0.29) is 24.4 Å². The van der Waals surface area contributed by atoms with E-state index in [0.717, 1.165) is 13.0 Å². The van der Waals surface area contributed by atoms with E-state index in [0.29, 0.717) is 18.2 Å². The van der Waals surface area contributed by atoms with E-state index in [1.807, 2.05) is 4.90 Å². The van der Waals surface area contributed by atoms with Crippen LogP contribution in [0, 0.1) is 5.92 Å². The van der Waals surface area contributed by atoms with Gasteiger partial charge in [0, 0.05) is 12.6 Å². The summed E-state index contributed by atoms with van der Waals surface area (Å²) in [5, 5.41) is 0. The third-order valence-corrected chi connectivity index (χ3v) is 2.99. The number of nitrogens with two attached hydrogens (primary N) is 1. The molecule has 0 spiro atoms. The van der Waals surface area contributed by atoms with Gasteiger partial charge in [-0.1, -0.05) is 0 Å². The second-order valence-corrected chi connectivity index (χ2v) is 4.12. The van der Waals surface area contributed by atoms with Crippen molar-refractivity contribution in [1.29, 1.82) is 0 Å². The number of rotatable bonds is 2. The first-order chi connectivity index (χ1) is 7.22. The number of carbonyl (C=O) groups is 1. The number of hydrogen-bond acceptors (Lipinski definition) is 3. The Hall–Kier alpha value is -1.00. The van der Waals surface area contributed by atoms with Crippen molar-refractivity contribution in [1.82, 2.24) is 4.90 Å². The molecule has 2 unspecified atom stereocenters. The van der Waals surface area contributed by atoms with Crippen LogP contribution in [0.3, 0.4) is 0 Å². The monoisotopic (exact) mass is 244 g/mol. The predicted molar refractivity (Wildman–Crippen MR) is 63.6 cm³/mol. The van der Waals surface area contributed by atoms with Crippen LogP contribution in [-0.2, 0) is 0 Å². The summed E-state index contributed by atoms with van der Waals surface area (Å²) in [4.78, 5) is 13.8. The minimum atomic E-state index is -0.0246. The molecule has 5 heteroatoms. The molecule has 2 rings (SSSR count). The van der Waals surface area contributed by atoms with Crippen LogP contribution in [0.4, 0.5) is 0 Å². The Morgan fingerprint density at radius 3 is 2.94 bits per heavy atom. The van der Waals surface area contributed by atoms with Crippen LogP contribution in [0.15, 0.2) is 22.8 Å². The van der Waals surface area contributed by atoms with Crippen molar-refractivity contribution in [2.75, 3.05) is 13.1 Å². The van der Waals surface area contributed by atoms with Gasteiger partial charge in [0.05, 0.1) is 6.26 Å². The van der Waals surface area contributed by atoms with Gasteiger partial charge in [-0.25, -0.2) is 0 Å². The van der Waals surface area contributed by atoms with E-state index in [1.165, 1.54) is 6.26 Å². The fourth-order valence-corrected chi connectivity index (χ4v) is 2.14. The zero-order chi connectivity index (χ0) is 10.8. The normalized spacial score (nSPS) is 24.2. The highest BCUT2D eigenvalue weighted by Gasteiger charge is 2.32. The highest BCUT2D eigenvalue weighted by atomic mass is 35.5. The van der Waals surface area contributed by atoms with Gasteiger partial charge < -0.3 is 15.1 Å². The Labute approximate surface area is 101 Å². The van der Waals surface area contributed by atoms with Gasteiger partial charge in [0.1, 0.15) is 0 Å². The first kappa shape index (κ1) is 13.1. The minimum Gasteiger partial charge on any atom is -0.459 e. The number of amides is 1. The summed E-state index contributed by atoms with van der Waals surface area (Å²) in [7, 11) is 0. The second-order valence-electron chi connectivity index (χ2n) is 4.12. The quantitative estimate of drug-likeness (QED) is 0.858. The lowest BCUT2D eigenvalue weighted by Crippen LogP contribution is -2.34. The topological polar surface area (TPSA) is 59.5 Å². The van der Waals surface area contributed by atoms with Gasteiger partial charge in [-0.3, -0.25) is 4.79 Å². The fourth-order valence-electron chi connectivity index (χ4n) is 2.14. The molecule has 1 amide bonds. The average Bonchev–Trinajstić information content (AvgIpc) is 2.85. The molecule has 0 radical (unpaired) electrons. The van der Waals surface area contributed by atoms with Crippen molar-refractivity contribution in [3.8, 4) is 0 Å². The maximum Gasteiger partial charge on any atom is 0.289 e. The van der Waals surface area contributed by atoms with Crippen molar-refractivity contribution >= 4 is 18.3 Å². The van der Waals surface area contributed by atoms with Crippen LogP contribution in [-0.4, -0.2) is 29.9 Å². The number of carbonyl (C=O) groups excluding carboxylic acids is 1. The van der Waals surface area contributed by atoms with E-state index >= 15 is 0 Å². The van der Waals surface area contributed by atoms with Gasteiger partial charge in [-0.2, -0.15) is 0 Å². The van der Waals surface area contributed by atoms with Gasteiger partial charge in [-0.15, -0.1) is 12.4 Å². The van der Waals surface area contributed by atoms with E-state index in [2.05, 4.69) is 6.92 Å². The molecule has 2 heterocycles. The van der Waals surface area contributed by atoms with Crippen LogP contribution < -0.4 is 5.73 Å². The van der Waals surface area contributed by atoms with Gasteiger partial charge in [0.15, 0.2) is 5.76 Å². The molecule has 0 aromatic carbocycles. The summed E-state index contributed by atoms with van der Waals surface area (Å²) in [6.45, 7) is 3.44. The molecule has 1 aromatic rings. The molecule has 1 aromatic heterocycles. The van der Waals surface area contributed by atoms with E-state index in [1.54, 1.807) is 12.1 Å². The fraction of sp³-hybridized carbons (Fsp3) is 0.545. The van der Waals surface area contributed by atoms with Crippen LogP contribution in [0.2, 0.25) is 0 Å². The first-order valence-corrected chi connectivity index (χ1v) is 5.27. The molecule has 1 fully saturated rings. The molecule has 90 valence electrons. The molecule has 1 saturated heterocycles. The third kappa shape index (κ3) is 2.39. The Morgan fingerprint density at radius 1 is 1.69 bits per heavy atom. The van der Waals surface area contributed by atoms with Crippen molar-refractivity contribution in [3.05, 3.63) is 24.2 Å². The number of nitrogens with zero attached hydrogens (tertiary/aromatic N) is 1. The Morgan fingerprint density at radius 2 is 2.44 bits per heavy atom. The SMILES string of the molecule is CC1CC(CN)CN1C(=O)c1ccco1.Cl. The van der Waals surface area contributed by atoms with E-state index in [4.69, 9.17) is 10.2 Å². The molecular formula is C11H17ClN2O2. The number of likely N-dealkylation sites (tertiary alicyclic amines) is 1. The van der Waals surface area contributed by atoms with Crippen LogP contribution >= 0.6 is 12.4 Å². The smallest absolute Gasteiger partial charge is 0.289 e. The molecule has 2 atom stereocenters. The van der Waals surface area contributed by atoms with Crippen LogP contribution in [0.1, 0.15) is 23.9 Å². The van der Waals surface area contributed by atoms with Crippen molar-refractivity contribution in [3.63, 3.8) is 0 Å². The molecule has 4 nitrogen and oxygen atoms in total. The molecule has 16 heavy (non-hydrogen) atoms. The van der Waals surface area contributed by atoms with Gasteiger partial charge in [0.25, 0.3) is 5.91 Å². The summed E-state index contributed by atoms with van der Waals surface area (Å²) >= 11 is 0. The lowest BCUT2D eigenvalue weighted by molar-refractivity contribution is 0.0711. The van der Waals surface area contributed by atoms with Crippen LogP contribution in [0.25, 0.3) is 0 Å². The zero-order valence-corrected chi connectivity index (χ0v) is 10.1. The van der Waals surface area contributed by atoms with Crippen molar-refractivity contribution in [2.24, 2.45) is 11.7 Å². The van der Waals surface area contributed by atoms with Crippen LogP contribution in [0.5, 0.6) is 0 Å². The molecule has 0 aliphatic carbocycles.